The summed E-state index contributed by atoms with van der Waals surface area (Å²) in [6, 6.07) is 8.47. The number of aliphatic carboxylic acids is 1. The van der Waals surface area contributed by atoms with E-state index in [1.54, 1.807) is 47.4 Å². The van der Waals surface area contributed by atoms with Crippen LogP contribution in [-0.4, -0.2) is 51.4 Å². The van der Waals surface area contributed by atoms with Gasteiger partial charge in [0.2, 0.25) is 5.91 Å². The van der Waals surface area contributed by atoms with Gasteiger partial charge < -0.3 is 10.0 Å². The van der Waals surface area contributed by atoms with Crippen molar-refractivity contribution in [1.82, 2.24) is 14.8 Å². The van der Waals surface area contributed by atoms with Crippen molar-refractivity contribution < 1.29 is 19.1 Å². The fourth-order valence-electron chi connectivity index (χ4n) is 3.96. The lowest BCUT2D eigenvalue weighted by Gasteiger charge is -2.30. The molecule has 148 valence electrons. The number of hydrogen-bond acceptors (Lipinski definition) is 4. The minimum atomic E-state index is -1.00. The van der Waals surface area contributed by atoms with Gasteiger partial charge in [-0.05, 0) is 44.2 Å². The van der Waals surface area contributed by atoms with E-state index >= 15 is 0 Å². The third-order valence-electron chi connectivity index (χ3n) is 5.43. The molecule has 1 N–H and O–H groups in total. The molecule has 0 spiro atoms. The minimum Gasteiger partial charge on any atom is -0.480 e. The van der Waals surface area contributed by atoms with Gasteiger partial charge in [0.05, 0.1) is 5.92 Å². The highest BCUT2D eigenvalue weighted by molar-refractivity contribution is 5.83. The lowest BCUT2D eigenvalue weighted by atomic mass is 9.91. The second-order valence-corrected chi connectivity index (χ2v) is 7.04. The molecule has 0 bridgehead atoms. The van der Waals surface area contributed by atoms with E-state index in [1.165, 1.54) is 6.07 Å². The van der Waals surface area contributed by atoms with E-state index in [-0.39, 0.29) is 12.3 Å². The van der Waals surface area contributed by atoms with Gasteiger partial charge in [0.1, 0.15) is 11.9 Å². The van der Waals surface area contributed by atoms with Crippen molar-refractivity contribution in [3.05, 3.63) is 65.7 Å². The van der Waals surface area contributed by atoms with E-state index in [4.69, 9.17) is 0 Å². The van der Waals surface area contributed by atoms with E-state index in [0.29, 0.717) is 18.7 Å². The lowest BCUT2D eigenvalue weighted by molar-refractivity contribution is -0.142. The number of likely N-dealkylation sites (tertiary alicyclic amines) is 1. The first-order chi connectivity index (χ1) is 13.4. The maximum atomic E-state index is 14.5. The summed E-state index contributed by atoms with van der Waals surface area (Å²) < 4.78 is 14.5. The quantitative estimate of drug-likeness (QED) is 0.828. The first kappa shape index (κ1) is 19.9. The molecule has 2 aromatic rings. The van der Waals surface area contributed by atoms with Crippen LogP contribution in [-0.2, 0) is 16.1 Å². The van der Waals surface area contributed by atoms with Gasteiger partial charge in [-0.25, -0.2) is 4.39 Å². The van der Waals surface area contributed by atoms with Crippen molar-refractivity contribution in [3.8, 4) is 0 Å². The maximum Gasteiger partial charge on any atom is 0.320 e. The first-order valence-corrected chi connectivity index (χ1v) is 9.30. The van der Waals surface area contributed by atoms with Crippen molar-refractivity contribution in [1.29, 1.82) is 0 Å². The number of nitrogens with zero attached hydrogens (tertiary/aromatic N) is 3. The van der Waals surface area contributed by atoms with Gasteiger partial charge in [-0.15, -0.1) is 0 Å². The van der Waals surface area contributed by atoms with Gasteiger partial charge in [-0.1, -0.05) is 18.2 Å². The van der Waals surface area contributed by atoms with Crippen molar-refractivity contribution in [2.75, 3.05) is 13.6 Å². The third-order valence-corrected chi connectivity index (χ3v) is 5.43. The molecule has 0 radical (unpaired) electrons. The molecule has 1 aliphatic rings. The summed E-state index contributed by atoms with van der Waals surface area (Å²) in [5.41, 5.74) is 1.29. The zero-order valence-corrected chi connectivity index (χ0v) is 16.0. The van der Waals surface area contributed by atoms with Gasteiger partial charge in [-0.3, -0.25) is 19.5 Å². The highest BCUT2D eigenvalue weighted by Crippen LogP contribution is 2.42. The summed E-state index contributed by atoms with van der Waals surface area (Å²) in [5.74, 6) is -2.23. The summed E-state index contributed by atoms with van der Waals surface area (Å²) in [6.07, 6.45) is 3.48. The second kappa shape index (κ2) is 8.48. The van der Waals surface area contributed by atoms with Crippen LogP contribution in [0.5, 0.6) is 0 Å². The predicted molar refractivity (Wildman–Crippen MR) is 102 cm³/mol. The van der Waals surface area contributed by atoms with Gasteiger partial charge in [0.15, 0.2) is 0 Å². The van der Waals surface area contributed by atoms with Crippen LogP contribution < -0.4 is 0 Å². The maximum absolute atomic E-state index is 14.5. The monoisotopic (exact) mass is 385 g/mol. The number of pyridine rings is 1. The first-order valence-electron chi connectivity index (χ1n) is 9.30. The zero-order chi connectivity index (χ0) is 20.3. The molecule has 0 unspecified atom stereocenters. The molecule has 1 aromatic carbocycles. The molecule has 2 heterocycles. The van der Waals surface area contributed by atoms with E-state index in [1.807, 2.05) is 19.1 Å². The molecular weight excluding hydrogens is 361 g/mol. The molecule has 0 aliphatic carbocycles. The summed E-state index contributed by atoms with van der Waals surface area (Å²) in [6.45, 7) is 2.76. The van der Waals surface area contributed by atoms with Gasteiger partial charge in [0, 0.05) is 37.1 Å². The van der Waals surface area contributed by atoms with Crippen molar-refractivity contribution in [2.24, 2.45) is 5.92 Å². The Hall–Kier alpha value is -2.80. The predicted octanol–water partition coefficient (Wildman–Crippen LogP) is 2.72. The fourth-order valence-corrected chi connectivity index (χ4v) is 3.96. The van der Waals surface area contributed by atoms with E-state index in [0.717, 1.165) is 5.56 Å². The number of aromatic nitrogens is 1. The number of amides is 1. The SMILES string of the molecule is CCN(Cc1ccncc1)C(=O)[C@H]1C[C@@H](C(=O)O)N(C)[C@H]1c1ccccc1F. The largest absolute Gasteiger partial charge is 0.480 e. The number of carbonyl (C=O) groups excluding carboxylic acids is 1. The van der Waals surface area contributed by atoms with E-state index < -0.39 is 29.8 Å². The topological polar surface area (TPSA) is 73.7 Å². The molecule has 7 heteroatoms. The molecule has 1 saturated heterocycles. The molecule has 1 aliphatic heterocycles. The van der Waals surface area contributed by atoms with Crippen molar-refractivity contribution in [3.63, 3.8) is 0 Å². The van der Waals surface area contributed by atoms with Crippen LogP contribution in [0, 0.1) is 11.7 Å². The Labute approximate surface area is 163 Å². The second-order valence-electron chi connectivity index (χ2n) is 7.04. The van der Waals surface area contributed by atoms with Crippen LogP contribution in [0.3, 0.4) is 0 Å². The van der Waals surface area contributed by atoms with Crippen LogP contribution in [0.15, 0.2) is 48.8 Å². The van der Waals surface area contributed by atoms with Crippen LogP contribution >= 0.6 is 0 Å². The average molecular weight is 385 g/mol. The Balaban J connectivity index is 1.92. The number of benzene rings is 1. The zero-order valence-electron chi connectivity index (χ0n) is 16.0. The summed E-state index contributed by atoms with van der Waals surface area (Å²) >= 11 is 0. The Morgan fingerprint density at radius 2 is 1.93 bits per heavy atom. The fraction of sp³-hybridized carbons (Fsp3) is 0.381. The van der Waals surface area contributed by atoms with Gasteiger partial charge >= 0.3 is 5.97 Å². The van der Waals surface area contributed by atoms with Crippen LogP contribution in [0.4, 0.5) is 4.39 Å². The number of halogens is 1. The summed E-state index contributed by atoms with van der Waals surface area (Å²) in [5, 5.41) is 9.58. The van der Waals surface area contributed by atoms with E-state index in [2.05, 4.69) is 4.98 Å². The molecule has 1 amide bonds. The number of likely N-dealkylation sites (N-methyl/N-ethyl adjacent to an activating group) is 1. The third kappa shape index (κ3) is 3.89. The smallest absolute Gasteiger partial charge is 0.320 e. The molecule has 1 fully saturated rings. The Kier molecular flexibility index (Phi) is 6.04. The molecule has 3 atom stereocenters. The molecule has 3 rings (SSSR count). The Morgan fingerprint density at radius 3 is 2.54 bits per heavy atom. The standard InChI is InChI=1S/C21H24FN3O3/c1-3-25(13-14-8-10-23-11-9-14)20(26)16-12-18(21(27)28)24(2)19(16)15-6-4-5-7-17(15)22/h4-11,16,18-19H,3,12-13H2,1-2H3,(H,27,28)/t16-,18-,19-/m0/s1. The molecule has 6 nitrogen and oxygen atoms in total. The number of carboxylic acids is 1. The van der Waals surface area contributed by atoms with Crippen LogP contribution in [0.1, 0.15) is 30.5 Å². The van der Waals surface area contributed by atoms with Crippen LogP contribution in [0.2, 0.25) is 0 Å². The van der Waals surface area contributed by atoms with Crippen molar-refractivity contribution >= 4 is 11.9 Å². The van der Waals surface area contributed by atoms with Gasteiger partial charge in [0.25, 0.3) is 0 Å². The van der Waals surface area contributed by atoms with Crippen LogP contribution in [0.25, 0.3) is 0 Å². The number of carbonyl (C=O) groups is 2. The van der Waals surface area contributed by atoms with Crippen molar-refractivity contribution in [2.45, 2.75) is 32.0 Å². The Bertz CT molecular complexity index is 846. The molecule has 28 heavy (non-hydrogen) atoms. The summed E-state index contributed by atoms with van der Waals surface area (Å²) in [7, 11) is 1.64. The summed E-state index contributed by atoms with van der Waals surface area (Å²) in [4.78, 5) is 32.3. The highest BCUT2D eigenvalue weighted by Gasteiger charge is 2.48. The molecule has 0 saturated carbocycles. The van der Waals surface area contributed by atoms with E-state index in [9.17, 15) is 19.1 Å². The normalized spacial score (nSPS) is 22.2. The molecule has 1 aromatic heterocycles. The number of hydrogen-bond donors (Lipinski definition) is 1. The highest BCUT2D eigenvalue weighted by atomic mass is 19.1. The average Bonchev–Trinajstić information content (AvgIpc) is 3.04. The Morgan fingerprint density at radius 1 is 1.25 bits per heavy atom. The minimum absolute atomic E-state index is 0.149. The number of rotatable bonds is 6. The van der Waals surface area contributed by atoms with Gasteiger partial charge in [-0.2, -0.15) is 0 Å². The lowest BCUT2D eigenvalue weighted by Crippen LogP contribution is -2.38. The molecular formula is C21H24FN3O3. The number of carboxylic acid groups (broad SMARTS) is 1.